The fourth-order valence-corrected chi connectivity index (χ4v) is 7.84. The van der Waals surface area contributed by atoms with Gasteiger partial charge in [0.2, 0.25) is 5.91 Å². The van der Waals surface area contributed by atoms with Gasteiger partial charge in [-0.2, -0.15) is 0 Å². The minimum atomic E-state index is -0.399. The maximum Gasteiger partial charge on any atom is 0.220 e. The van der Waals surface area contributed by atoms with Gasteiger partial charge in [0.05, 0.1) is 6.10 Å². The highest BCUT2D eigenvalue weighted by Gasteiger charge is 2.07. The van der Waals surface area contributed by atoms with Crippen LogP contribution in [0.1, 0.15) is 290 Å². The van der Waals surface area contributed by atoms with Crippen LogP contribution in [-0.4, -0.2) is 29.4 Å². The van der Waals surface area contributed by atoms with Crippen molar-refractivity contribution in [3.05, 3.63) is 0 Å². The van der Waals surface area contributed by atoms with E-state index in [-0.39, 0.29) is 5.91 Å². The molecule has 0 rings (SSSR count). The number of carbonyl (C=O) groups is 2. The highest BCUT2D eigenvalue weighted by atomic mass is 16.3. The molecule has 0 aliphatic rings. The molecule has 0 unspecified atom stereocenters. The number of ketones is 1. The third-order valence-electron chi connectivity index (χ3n) is 11.6. The van der Waals surface area contributed by atoms with Crippen molar-refractivity contribution in [2.75, 3.05) is 6.54 Å². The van der Waals surface area contributed by atoms with Crippen molar-refractivity contribution in [1.82, 2.24) is 5.32 Å². The summed E-state index contributed by atoms with van der Waals surface area (Å²) in [5.41, 5.74) is 0. The molecule has 0 aliphatic carbocycles. The van der Waals surface area contributed by atoms with E-state index in [0.29, 0.717) is 18.7 Å². The molecule has 0 aromatic carbocycles. The average Bonchev–Trinajstić information content (AvgIpc) is 3.16. The van der Waals surface area contributed by atoms with Crippen LogP contribution in [0, 0.1) is 0 Å². The van der Waals surface area contributed by atoms with Crippen LogP contribution in [-0.2, 0) is 9.59 Å². The van der Waals surface area contributed by atoms with Gasteiger partial charge in [0, 0.05) is 25.8 Å². The quantitative estimate of drug-likeness (QED) is 0.0609. The zero-order valence-electron chi connectivity index (χ0n) is 36.5. The molecule has 4 nitrogen and oxygen atoms in total. The summed E-state index contributed by atoms with van der Waals surface area (Å²) < 4.78 is 0. The van der Waals surface area contributed by atoms with Gasteiger partial charge in [-0.1, -0.05) is 245 Å². The molecule has 53 heavy (non-hydrogen) atoms. The third-order valence-corrected chi connectivity index (χ3v) is 11.6. The second kappa shape index (κ2) is 45.5. The first-order chi connectivity index (χ1) is 26.1. The molecular weight excluding hydrogens is 651 g/mol. The average molecular weight is 748 g/mol. The summed E-state index contributed by atoms with van der Waals surface area (Å²) >= 11 is 0. The predicted molar refractivity (Wildman–Crippen MR) is 234 cm³/mol. The van der Waals surface area contributed by atoms with Crippen molar-refractivity contribution >= 4 is 11.7 Å². The van der Waals surface area contributed by atoms with Gasteiger partial charge in [0.15, 0.2) is 0 Å². The molecule has 316 valence electrons. The van der Waals surface area contributed by atoms with Crippen LogP contribution in [0.5, 0.6) is 0 Å². The normalized spacial score (nSPS) is 12.1. The molecule has 0 aliphatic heterocycles. The standard InChI is InChI=1S/C49H97NO3/c1-3-5-7-9-11-13-15-17-19-24-28-32-36-40-44-48(52)46-50-49(53)45-41-37-33-29-25-21-20-23-27-31-35-39-43-47(51)42-38-34-30-26-22-18-16-14-12-10-8-6-4-2/h48,52H,3-46H2,1-2H3,(H,50,53)/t48-/m1/s1. The van der Waals surface area contributed by atoms with Crippen LogP contribution in [0.25, 0.3) is 0 Å². The van der Waals surface area contributed by atoms with Crippen molar-refractivity contribution in [2.45, 2.75) is 296 Å². The van der Waals surface area contributed by atoms with Crippen LogP contribution >= 0.6 is 0 Å². The Morgan fingerprint density at radius 1 is 0.358 bits per heavy atom. The summed E-state index contributed by atoms with van der Waals surface area (Å²) in [6, 6.07) is 0. The molecule has 0 heterocycles. The first-order valence-electron chi connectivity index (χ1n) is 24.6. The largest absolute Gasteiger partial charge is 0.391 e. The van der Waals surface area contributed by atoms with Gasteiger partial charge in [-0.05, 0) is 25.7 Å². The monoisotopic (exact) mass is 748 g/mol. The minimum absolute atomic E-state index is 0.101. The lowest BCUT2D eigenvalue weighted by Crippen LogP contribution is -2.31. The molecule has 1 atom stereocenters. The van der Waals surface area contributed by atoms with Crippen LogP contribution in [0.4, 0.5) is 0 Å². The Hall–Kier alpha value is -0.900. The van der Waals surface area contributed by atoms with Gasteiger partial charge in [-0.15, -0.1) is 0 Å². The van der Waals surface area contributed by atoms with E-state index in [1.165, 1.54) is 218 Å². The Morgan fingerprint density at radius 2 is 0.604 bits per heavy atom. The van der Waals surface area contributed by atoms with E-state index >= 15 is 0 Å². The first kappa shape index (κ1) is 52.1. The Balaban J connectivity index is 3.29. The lowest BCUT2D eigenvalue weighted by Gasteiger charge is -2.12. The summed E-state index contributed by atoms with van der Waals surface area (Å²) in [6.07, 6.45) is 54.0. The predicted octanol–water partition coefficient (Wildman–Crippen LogP) is 15.8. The molecule has 0 aromatic rings. The molecule has 4 heteroatoms. The number of hydrogen-bond donors (Lipinski definition) is 2. The third kappa shape index (κ3) is 45.4. The zero-order valence-corrected chi connectivity index (χ0v) is 36.5. The summed E-state index contributed by atoms with van der Waals surface area (Å²) in [5, 5.41) is 13.2. The Morgan fingerprint density at radius 3 is 0.906 bits per heavy atom. The van der Waals surface area contributed by atoms with Crippen LogP contribution in [0.2, 0.25) is 0 Å². The number of unbranched alkanes of at least 4 members (excludes halogenated alkanes) is 36. The van der Waals surface area contributed by atoms with Crippen LogP contribution in [0.15, 0.2) is 0 Å². The molecule has 0 saturated heterocycles. The van der Waals surface area contributed by atoms with E-state index in [2.05, 4.69) is 19.2 Å². The summed E-state index contributed by atoms with van der Waals surface area (Å²) in [7, 11) is 0. The van der Waals surface area contributed by atoms with Crippen molar-refractivity contribution < 1.29 is 14.7 Å². The molecule has 0 aromatic heterocycles. The van der Waals surface area contributed by atoms with Gasteiger partial charge >= 0.3 is 0 Å². The molecule has 0 bridgehead atoms. The summed E-state index contributed by atoms with van der Waals surface area (Å²) in [4.78, 5) is 24.4. The van der Waals surface area contributed by atoms with E-state index in [4.69, 9.17) is 0 Å². The Kier molecular flexibility index (Phi) is 44.7. The minimum Gasteiger partial charge on any atom is -0.391 e. The van der Waals surface area contributed by atoms with Gasteiger partial charge in [0.1, 0.15) is 5.78 Å². The number of hydrogen-bond acceptors (Lipinski definition) is 3. The topological polar surface area (TPSA) is 66.4 Å². The molecule has 1 amide bonds. The summed E-state index contributed by atoms with van der Waals surface area (Å²) in [5.74, 6) is 0.599. The van der Waals surface area contributed by atoms with E-state index < -0.39 is 6.10 Å². The van der Waals surface area contributed by atoms with Crippen molar-refractivity contribution in [2.24, 2.45) is 0 Å². The second-order valence-corrected chi connectivity index (χ2v) is 17.1. The maximum atomic E-state index is 12.2. The van der Waals surface area contributed by atoms with Gasteiger partial charge in [-0.25, -0.2) is 0 Å². The Bertz CT molecular complexity index is 725. The van der Waals surface area contributed by atoms with E-state index in [1.807, 2.05) is 0 Å². The summed E-state index contributed by atoms with van der Waals surface area (Å²) in [6.45, 7) is 4.98. The van der Waals surface area contributed by atoms with Crippen LogP contribution in [0.3, 0.4) is 0 Å². The molecule has 0 spiro atoms. The van der Waals surface area contributed by atoms with E-state index in [0.717, 1.165) is 51.4 Å². The molecule has 0 radical (unpaired) electrons. The molecule has 0 fully saturated rings. The number of aliphatic hydroxyl groups is 1. The molecular formula is C49H97NO3. The van der Waals surface area contributed by atoms with Crippen molar-refractivity contribution in [1.29, 1.82) is 0 Å². The number of amides is 1. The van der Waals surface area contributed by atoms with Gasteiger partial charge in [0.25, 0.3) is 0 Å². The highest BCUT2D eigenvalue weighted by molar-refractivity contribution is 5.78. The Labute approximate surface area is 333 Å². The second-order valence-electron chi connectivity index (χ2n) is 17.1. The fraction of sp³-hybridized carbons (Fsp3) is 0.959. The maximum absolute atomic E-state index is 12.2. The molecule has 2 N–H and O–H groups in total. The SMILES string of the molecule is CCCCCCCCCCCCCCCC[C@@H](O)CNC(=O)CCCCCCCCCCCCCCC(=O)CCCCCCCCCCCCCCC. The van der Waals surface area contributed by atoms with E-state index in [9.17, 15) is 14.7 Å². The fourth-order valence-electron chi connectivity index (χ4n) is 7.84. The zero-order chi connectivity index (χ0) is 38.6. The first-order valence-corrected chi connectivity index (χ1v) is 24.6. The molecule has 0 saturated carbocycles. The van der Waals surface area contributed by atoms with E-state index in [1.54, 1.807) is 0 Å². The number of carbonyl (C=O) groups excluding carboxylic acids is 2. The lowest BCUT2D eigenvalue weighted by atomic mass is 10.0. The lowest BCUT2D eigenvalue weighted by molar-refractivity contribution is -0.121. The van der Waals surface area contributed by atoms with Gasteiger partial charge < -0.3 is 10.4 Å². The van der Waals surface area contributed by atoms with Crippen molar-refractivity contribution in [3.8, 4) is 0 Å². The van der Waals surface area contributed by atoms with Crippen molar-refractivity contribution in [3.63, 3.8) is 0 Å². The highest BCUT2D eigenvalue weighted by Crippen LogP contribution is 2.17. The number of Topliss-reactive ketones (excluding diaryl/α,β-unsaturated/α-hetero) is 1. The number of rotatable bonds is 46. The van der Waals surface area contributed by atoms with Gasteiger partial charge in [-0.3, -0.25) is 9.59 Å². The van der Waals surface area contributed by atoms with Crippen LogP contribution < -0.4 is 5.32 Å². The number of nitrogens with one attached hydrogen (secondary N) is 1. The smallest absolute Gasteiger partial charge is 0.220 e. The number of aliphatic hydroxyl groups excluding tert-OH is 1.